The molecular formula is C9H17N3O3. The van der Waals surface area contributed by atoms with Crippen LogP contribution in [0.15, 0.2) is 5.10 Å². The summed E-state index contributed by atoms with van der Waals surface area (Å²) in [5, 5.41) is 14.4. The highest BCUT2D eigenvalue weighted by Crippen LogP contribution is 2.03. The fourth-order valence-corrected chi connectivity index (χ4v) is 1.06. The van der Waals surface area contributed by atoms with E-state index in [1.54, 1.807) is 7.05 Å². The number of amides is 1. The molecule has 86 valence electrons. The number of rotatable bonds is 6. The molecule has 3 N–H and O–H groups in total. The predicted octanol–water partition coefficient (Wildman–Crippen LogP) is -0.193. The van der Waals surface area contributed by atoms with Gasteiger partial charge in [0, 0.05) is 0 Å². The van der Waals surface area contributed by atoms with E-state index in [4.69, 9.17) is 5.11 Å². The van der Waals surface area contributed by atoms with Gasteiger partial charge in [0.25, 0.3) is 5.91 Å². The monoisotopic (exact) mass is 215 g/mol. The van der Waals surface area contributed by atoms with Gasteiger partial charge < -0.3 is 10.4 Å². The average molecular weight is 215 g/mol. The van der Waals surface area contributed by atoms with Gasteiger partial charge in [-0.3, -0.25) is 4.79 Å². The summed E-state index contributed by atoms with van der Waals surface area (Å²) in [6.07, 6.45) is 1.31. The Morgan fingerprint density at radius 3 is 2.47 bits per heavy atom. The number of likely N-dealkylation sites (N-methyl/N-ethyl adjacent to an activating group) is 1. The second-order valence-corrected chi connectivity index (χ2v) is 3.54. The van der Waals surface area contributed by atoms with Crippen molar-refractivity contribution in [2.24, 2.45) is 11.0 Å². The summed E-state index contributed by atoms with van der Waals surface area (Å²) in [5.74, 6) is -1.15. The Morgan fingerprint density at radius 2 is 2.07 bits per heavy atom. The van der Waals surface area contributed by atoms with E-state index in [-0.39, 0.29) is 11.9 Å². The van der Waals surface area contributed by atoms with Crippen LogP contribution in [-0.4, -0.2) is 36.3 Å². The van der Waals surface area contributed by atoms with Crippen LogP contribution in [-0.2, 0) is 9.59 Å². The van der Waals surface area contributed by atoms with E-state index < -0.39 is 5.97 Å². The van der Waals surface area contributed by atoms with Gasteiger partial charge in [0.15, 0.2) is 0 Å². The van der Waals surface area contributed by atoms with Crippen LogP contribution >= 0.6 is 0 Å². The van der Waals surface area contributed by atoms with E-state index in [0.717, 1.165) is 0 Å². The van der Waals surface area contributed by atoms with E-state index in [9.17, 15) is 9.59 Å². The number of carbonyl (C=O) groups is 2. The first-order valence-electron chi connectivity index (χ1n) is 4.70. The normalized spacial score (nSPS) is 13.1. The number of hydrogen-bond donors (Lipinski definition) is 3. The third-order valence-electron chi connectivity index (χ3n) is 1.72. The van der Waals surface area contributed by atoms with Crippen LogP contribution in [0, 0.1) is 5.92 Å². The first-order chi connectivity index (χ1) is 6.97. The maximum atomic E-state index is 11.4. The molecule has 0 saturated carbocycles. The molecule has 0 unspecified atom stereocenters. The van der Waals surface area contributed by atoms with Gasteiger partial charge in [0.05, 0.1) is 6.04 Å². The Kier molecular flexibility index (Phi) is 6.28. The van der Waals surface area contributed by atoms with Crippen molar-refractivity contribution in [1.82, 2.24) is 10.7 Å². The fourth-order valence-electron chi connectivity index (χ4n) is 1.06. The molecule has 1 amide bonds. The smallest absolute Gasteiger partial charge is 0.348 e. The molecule has 0 aromatic heterocycles. The van der Waals surface area contributed by atoms with Crippen LogP contribution < -0.4 is 10.7 Å². The Balaban J connectivity index is 4.10. The van der Waals surface area contributed by atoms with Crippen molar-refractivity contribution in [3.8, 4) is 0 Å². The first-order valence-corrected chi connectivity index (χ1v) is 4.70. The molecule has 0 aliphatic heterocycles. The van der Waals surface area contributed by atoms with Crippen LogP contribution in [0.5, 0.6) is 0 Å². The number of nitrogens with zero attached hydrogens (tertiary/aromatic N) is 1. The third-order valence-corrected chi connectivity index (χ3v) is 1.72. The SMILES string of the molecule is CN[C@@H](CC(C)C)C(=O)N/N=C/C(=O)O. The van der Waals surface area contributed by atoms with Crippen LogP contribution in [0.25, 0.3) is 0 Å². The van der Waals surface area contributed by atoms with E-state index in [2.05, 4.69) is 15.8 Å². The number of aliphatic carboxylic acids is 1. The van der Waals surface area contributed by atoms with Crippen molar-refractivity contribution in [1.29, 1.82) is 0 Å². The van der Waals surface area contributed by atoms with E-state index in [0.29, 0.717) is 18.6 Å². The lowest BCUT2D eigenvalue weighted by Gasteiger charge is -2.15. The Bertz CT molecular complexity index is 251. The lowest BCUT2D eigenvalue weighted by molar-refractivity contribution is -0.128. The van der Waals surface area contributed by atoms with Gasteiger partial charge in [-0.2, -0.15) is 5.10 Å². The summed E-state index contributed by atoms with van der Waals surface area (Å²) >= 11 is 0. The molecule has 0 bridgehead atoms. The molecule has 0 radical (unpaired) electrons. The lowest BCUT2D eigenvalue weighted by atomic mass is 10.0. The van der Waals surface area contributed by atoms with Gasteiger partial charge in [-0.15, -0.1) is 0 Å². The van der Waals surface area contributed by atoms with E-state index in [1.165, 1.54) is 0 Å². The zero-order valence-corrected chi connectivity index (χ0v) is 9.15. The topological polar surface area (TPSA) is 90.8 Å². The Hall–Kier alpha value is -1.43. The van der Waals surface area contributed by atoms with Crippen LogP contribution in [0.2, 0.25) is 0 Å². The van der Waals surface area contributed by atoms with Gasteiger partial charge >= 0.3 is 5.97 Å². The summed E-state index contributed by atoms with van der Waals surface area (Å²) in [6.45, 7) is 4.00. The molecule has 0 saturated heterocycles. The summed E-state index contributed by atoms with van der Waals surface area (Å²) in [6, 6.07) is -0.351. The first kappa shape index (κ1) is 13.6. The molecule has 0 aromatic carbocycles. The second-order valence-electron chi connectivity index (χ2n) is 3.54. The number of hydrogen-bond acceptors (Lipinski definition) is 4. The quantitative estimate of drug-likeness (QED) is 0.423. The number of carboxylic acid groups (broad SMARTS) is 1. The minimum Gasteiger partial charge on any atom is -0.477 e. The third kappa shape index (κ3) is 6.62. The van der Waals surface area contributed by atoms with Crippen LogP contribution in [0.1, 0.15) is 20.3 Å². The maximum Gasteiger partial charge on any atom is 0.348 e. The molecule has 0 heterocycles. The van der Waals surface area contributed by atoms with Crippen molar-refractivity contribution in [2.75, 3.05) is 7.05 Å². The van der Waals surface area contributed by atoms with Crippen molar-refractivity contribution >= 4 is 18.1 Å². The van der Waals surface area contributed by atoms with Gasteiger partial charge in [0.1, 0.15) is 6.21 Å². The van der Waals surface area contributed by atoms with Gasteiger partial charge in [-0.1, -0.05) is 13.8 Å². The molecule has 6 nitrogen and oxygen atoms in total. The van der Waals surface area contributed by atoms with E-state index in [1.807, 2.05) is 13.8 Å². The standard InChI is InChI=1S/C9H17N3O3/c1-6(2)4-7(10-3)9(15)12-11-5-8(13)14/h5-7,10H,4H2,1-3H3,(H,12,15)(H,13,14)/b11-5+/t7-/m0/s1. The fraction of sp³-hybridized carbons (Fsp3) is 0.667. The zero-order chi connectivity index (χ0) is 11.8. The highest BCUT2D eigenvalue weighted by atomic mass is 16.4. The van der Waals surface area contributed by atoms with Crippen molar-refractivity contribution in [3.63, 3.8) is 0 Å². The van der Waals surface area contributed by atoms with Crippen molar-refractivity contribution in [2.45, 2.75) is 26.3 Å². The average Bonchev–Trinajstić information content (AvgIpc) is 2.13. The van der Waals surface area contributed by atoms with Crippen LogP contribution in [0.3, 0.4) is 0 Å². The van der Waals surface area contributed by atoms with Crippen molar-refractivity contribution < 1.29 is 14.7 Å². The molecule has 0 fully saturated rings. The summed E-state index contributed by atoms with van der Waals surface area (Å²) < 4.78 is 0. The maximum absolute atomic E-state index is 11.4. The molecule has 0 spiro atoms. The highest BCUT2D eigenvalue weighted by molar-refractivity contribution is 6.22. The largest absolute Gasteiger partial charge is 0.477 e. The molecule has 0 aliphatic rings. The zero-order valence-electron chi connectivity index (χ0n) is 9.15. The Morgan fingerprint density at radius 1 is 1.47 bits per heavy atom. The molecule has 0 aliphatic carbocycles. The summed E-state index contributed by atoms with van der Waals surface area (Å²) in [5.41, 5.74) is 2.16. The Labute approximate surface area is 88.7 Å². The second kappa shape index (κ2) is 6.94. The number of carbonyl (C=O) groups excluding carboxylic acids is 1. The highest BCUT2D eigenvalue weighted by Gasteiger charge is 2.16. The molecule has 6 heteroatoms. The molecule has 15 heavy (non-hydrogen) atoms. The van der Waals surface area contributed by atoms with Gasteiger partial charge in [0.2, 0.25) is 0 Å². The lowest BCUT2D eigenvalue weighted by Crippen LogP contribution is -2.41. The van der Waals surface area contributed by atoms with Gasteiger partial charge in [-0.05, 0) is 19.4 Å². The van der Waals surface area contributed by atoms with Crippen molar-refractivity contribution in [3.05, 3.63) is 0 Å². The number of carboxylic acids is 1. The van der Waals surface area contributed by atoms with Gasteiger partial charge in [-0.25, -0.2) is 10.2 Å². The molecule has 0 aromatic rings. The molecular weight excluding hydrogens is 198 g/mol. The number of hydrazone groups is 1. The molecule has 0 rings (SSSR count). The molecule has 1 atom stereocenters. The summed E-state index contributed by atoms with van der Waals surface area (Å²) in [4.78, 5) is 21.5. The van der Waals surface area contributed by atoms with E-state index >= 15 is 0 Å². The minimum absolute atomic E-state index is 0.330. The minimum atomic E-state index is -1.19. The number of nitrogens with one attached hydrogen (secondary N) is 2. The predicted molar refractivity (Wildman–Crippen MR) is 56.6 cm³/mol. The summed E-state index contributed by atoms with van der Waals surface area (Å²) in [7, 11) is 1.67. The van der Waals surface area contributed by atoms with Crippen LogP contribution in [0.4, 0.5) is 0 Å².